The number of nitrogens with two attached hydrogens (primary N) is 1. The first-order chi connectivity index (χ1) is 6.33. The van der Waals surface area contributed by atoms with Gasteiger partial charge < -0.3 is 10.3 Å². The van der Waals surface area contributed by atoms with Crippen LogP contribution in [0.2, 0.25) is 0 Å². The molecule has 5 nitrogen and oxygen atoms in total. The molecule has 0 bridgehead atoms. The first-order valence-electron chi connectivity index (χ1n) is 4.06. The minimum Gasteiger partial charge on any atom is -0.381 e. The van der Waals surface area contributed by atoms with Crippen molar-refractivity contribution >= 4 is 5.82 Å². The topological polar surface area (TPSA) is 80.7 Å². The Morgan fingerprint density at radius 2 is 2.46 bits per heavy atom. The van der Waals surface area contributed by atoms with Crippen molar-refractivity contribution in [2.24, 2.45) is 0 Å². The molecule has 0 aromatic carbocycles. The highest BCUT2D eigenvalue weighted by molar-refractivity contribution is 5.64. The molecule has 0 spiro atoms. The molecular formula is C8H10N4O. The largest absolute Gasteiger partial charge is 0.381 e. The molecule has 0 radical (unpaired) electrons. The maximum atomic E-state index is 5.62. The smallest absolute Gasteiger partial charge is 0.175 e. The van der Waals surface area contributed by atoms with Crippen LogP contribution in [0.15, 0.2) is 16.9 Å². The van der Waals surface area contributed by atoms with E-state index in [0.717, 1.165) is 17.5 Å². The van der Waals surface area contributed by atoms with Crippen LogP contribution in [0.4, 0.5) is 5.82 Å². The van der Waals surface area contributed by atoms with Gasteiger partial charge in [-0.05, 0) is 6.42 Å². The van der Waals surface area contributed by atoms with Crippen LogP contribution in [-0.4, -0.2) is 15.4 Å². The molecule has 0 saturated heterocycles. The van der Waals surface area contributed by atoms with Crippen LogP contribution >= 0.6 is 0 Å². The normalized spacial score (nSPS) is 10.5. The van der Waals surface area contributed by atoms with Crippen molar-refractivity contribution in [3.63, 3.8) is 0 Å². The molecule has 5 heteroatoms. The number of nitrogen functional groups attached to an aromatic ring is 1. The van der Waals surface area contributed by atoms with Crippen molar-refractivity contribution in [1.82, 2.24) is 15.4 Å². The van der Waals surface area contributed by atoms with E-state index in [1.54, 1.807) is 12.4 Å². The van der Waals surface area contributed by atoms with Crippen molar-refractivity contribution in [1.29, 1.82) is 0 Å². The van der Waals surface area contributed by atoms with Crippen LogP contribution in [-0.2, 0) is 6.42 Å². The molecule has 0 fully saturated rings. The zero-order valence-electron chi connectivity index (χ0n) is 7.24. The number of rotatable bonds is 2. The minimum absolute atomic E-state index is 0.457. The first-order valence-corrected chi connectivity index (χ1v) is 4.06. The Labute approximate surface area is 74.9 Å². The van der Waals surface area contributed by atoms with Crippen LogP contribution in [0.1, 0.15) is 12.5 Å². The number of anilines is 1. The summed E-state index contributed by atoms with van der Waals surface area (Å²) in [6.07, 6.45) is 4.23. The lowest BCUT2D eigenvalue weighted by molar-refractivity contribution is 0.435. The minimum atomic E-state index is 0.457. The molecule has 2 aromatic rings. The van der Waals surface area contributed by atoms with Gasteiger partial charge in [0.25, 0.3) is 0 Å². The average Bonchev–Trinajstić information content (AvgIpc) is 2.71. The van der Waals surface area contributed by atoms with Gasteiger partial charge in [0, 0.05) is 11.8 Å². The Bertz CT molecular complexity index is 390. The zero-order chi connectivity index (χ0) is 9.26. The van der Waals surface area contributed by atoms with Crippen molar-refractivity contribution in [3.05, 3.63) is 18.0 Å². The molecule has 13 heavy (non-hydrogen) atoms. The van der Waals surface area contributed by atoms with Crippen LogP contribution < -0.4 is 5.73 Å². The van der Waals surface area contributed by atoms with Gasteiger partial charge in [-0.1, -0.05) is 12.1 Å². The average molecular weight is 178 g/mol. The number of hydrogen-bond acceptors (Lipinski definition) is 4. The number of aromatic amines is 1. The fourth-order valence-electron chi connectivity index (χ4n) is 1.27. The predicted octanol–water partition coefficient (Wildman–Crippen LogP) is 1.21. The predicted molar refractivity (Wildman–Crippen MR) is 47.9 cm³/mol. The first kappa shape index (κ1) is 7.85. The zero-order valence-corrected chi connectivity index (χ0v) is 7.24. The second kappa shape index (κ2) is 2.93. The summed E-state index contributed by atoms with van der Waals surface area (Å²) in [4.78, 5) is 0. The standard InChI is InChI=1S/C8H10N4O/c1-2-6-7(13-12-8(6)9)5-3-10-11-4-5/h3-4H,2H2,1H3,(H2,9,12)(H,10,11). The monoisotopic (exact) mass is 178 g/mol. The molecule has 0 amide bonds. The Hall–Kier alpha value is -1.78. The number of hydrogen-bond donors (Lipinski definition) is 2. The SMILES string of the molecule is CCc1c(N)noc1-c1cn[nH]c1. The van der Waals surface area contributed by atoms with E-state index in [4.69, 9.17) is 10.3 Å². The summed E-state index contributed by atoms with van der Waals surface area (Å²) in [5.74, 6) is 1.16. The Kier molecular flexibility index (Phi) is 1.77. The lowest BCUT2D eigenvalue weighted by Crippen LogP contribution is -1.90. The molecule has 2 aromatic heterocycles. The summed E-state index contributed by atoms with van der Waals surface area (Å²) in [5.41, 5.74) is 7.43. The lowest BCUT2D eigenvalue weighted by atomic mass is 10.1. The highest BCUT2D eigenvalue weighted by Gasteiger charge is 2.14. The molecule has 0 aliphatic carbocycles. The van der Waals surface area contributed by atoms with E-state index in [1.165, 1.54) is 0 Å². The Morgan fingerprint density at radius 3 is 3.08 bits per heavy atom. The molecule has 0 unspecified atom stereocenters. The van der Waals surface area contributed by atoms with Crippen molar-refractivity contribution < 1.29 is 4.52 Å². The molecule has 0 atom stereocenters. The third kappa shape index (κ3) is 1.18. The maximum absolute atomic E-state index is 5.62. The summed E-state index contributed by atoms with van der Waals surface area (Å²) in [6.45, 7) is 2.01. The van der Waals surface area contributed by atoms with Crippen molar-refractivity contribution in [3.8, 4) is 11.3 Å². The summed E-state index contributed by atoms with van der Waals surface area (Å²) in [5, 5.41) is 10.2. The van der Waals surface area contributed by atoms with Crippen molar-refractivity contribution in [2.75, 3.05) is 5.73 Å². The summed E-state index contributed by atoms with van der Waals surface area (Å²) in [7, 11) is 0. The lowest BCUT2D eigenvalue weighted by Gasteiger charge is -1.93. The molecular weight excluding hydrogens is 168 g/mol. The quantitative estimate of drug-likeness (QED) is 0.724. The fourth-order valence-corrected chi connectivity index (χ4v) is 1.27. The van der Waals surface area contributed by atoms with Gasteiger partial charge in [-0.15, -0.1) is 0 Å². The van der Waals surface area contributed by atoms with Gasteiger partial charge in [0.15, 0.2) is 11.6 Å². The summed E-state index contributed by atoms with van der Waals surface area (Å²) in [6, 6.07) is 0. The van der Waals surface area contributed by atoms with E-state index < -0.39 is 0 Å². The highest BCUT2D eigenvalue weighted by atomic mass is 16.5. The second-order valence-electron chi connectivity index (χ2n) is 2.72. The maximum Gasteiger partial charge on any atom is 0.175 e. The Morgan fingerprint density at radius 1 is 1.62 bits per heavy atom. The number of nitrogens with zero attached hydrogens (tertiary/aromatic N) is 2. The van der Waals surface area contributed by atoms with E-state index in [9.17, 15) is 0 Å². The van der Waals surface area contributed by atoms with Gasteiger partial charge in [-0.25, -0.2) is 0 Å². The third-order valence-electron chi connectivity index (χ3n) is 1.93. The highest BCUT2D eigenvalue weighted by Crippen LogP contribution is 2.26. The molecule has 2 rings (SSSR count). The molecule has 0 aliphatic rings. The van der Waals surface area contributed by atoms with Gasteiger partial charge in [-0.3, -0.25) is 5.10 Å². The summed E-state index contributed by atoms with van der Waals surface area (Å²) < 4.78 is 5.10. The number of nitrogens with one attached hydrogen (secondary N) is 1. The summed E-state index contributed by atoms with van der Waals surface area (Å²) >= 11 is 0. The van der Waals surface area contributed by atoms with Gasteiger partial charge >= 0.3 is 0 Å². The van der Waals surface area contributed by atoms with Crippen LogP contribution in [0.5, 0.6) is 0 Å². The van der Waals surface area contributed by atoms with E-state index in [-0.39, 0.29) is 0 Å². The van der Waals surface area contributed by atoms with Crippen LogP contribution in [0, 0.1) is 0 Å². The van der Waals surface area contributed by atoms with Crippen molar-refractivity contribution in [2.45, 2.75) is 13.3 Å². The molecule has 68 valence electrons. The Balaban J connectivity index is 2.52. The molecule has 0 saturated carbocycles. The van der Waals surface area contributed by atoms with E-state index >= 15 is 0 Å². The van der Waals surface area contributed by atoms with Gasteiger partial charge in [0.2, 0.25) is 0 Å². The molecule has 0 aliphatic heterocycles. The molecule has 3 N–H and O–H groups in total. The van der Waals surface area contributed by atoms with Crippen LogP contribution in [0.25, 0.3) is 11.3 Å². The third-order valence-corrected chi connectivity index (χ3v) is 1.93. The second-order valence-corrected chi connectivity index (χ2v) is 2.72. The number of aromatic nitrogens is 3. The van der Waals surface area contributed by atoms with Gasteiger partial charge in [-0.2, -0.15) is 5.10 Å². The van der Waals surface area contributed by atoms with Gasteiger partial charge in [0.05, 0.1) is 11.8 Å². The van der Waals surface area contributed by atoms with Gasteiger partial charge in [0.1, 0.15) is 0 Å². The van der Waals surface area contributed by atoms with E-state index in [1.807, 2.05) is 6.92 Å². The van der Waals surface area contributed by atoms with E-state index in [0.29, 0.717) is 11.6 Å². The molecule has 2 heterocycles. The fraction of sp³-hybridized carbons (Fsp3) is 0.250. The number of H-pyrrole nitrogens is 1. The van der Waals surface area contributed by atoms with Crippen LogP contribution in [0.3, 0.4) is 0 Å². The van der Waals surface area contributed by atoms with E-state index in [2.05, 4.69) is 15.4 Å².